The molecule has 2 aromatic carbocycles. The Hall–Kier alpha value is -3.53. The molecule has 2 heterocycles. The number of aromatic nitrogens is 3. The molecule has 0 amide bonds. The lowest BCUT2D eigenvalue weighted by molar-refractivity contribution is 0.103. The predicted octanol–water partition coefficient (Wildman–Crippen LogP) is 5.86. The van der Waals surface area contributed by atoms with Crippen molar-refractivity contribution in [2.45, 2.75) is 24.7 Å². The highest BCUT2D eigenvalue weighted by Gasteiger charge is 2.26. The number of ketones is 1. The third-order valence-electron chi connectivity index (χ3n) is 5.71. The van der Waals surface area contributed by atoms with E-state index in [1.54, 1.807) is 13.0 Å². The summed E-state index contributed by atoms with van der Waals surface area (Å²) in [5, 5.41) is 3.77. The van der Waals surface area contributed by atoms with Crippen LogP contribution in [0.15, 0.2) is 47.8 Å². The van der Waals surface area contributed by atoms with Gasteiger partial charge in [-0.15, -0.1) is 0 Å². The number of anilines is 2. The number of nitrogens with zero attached hydrogens (tertiary/aromatic N) is 2. The van der Waals surface area contributed by atoms with Gasteiger partial charge >= 0.3 is 0 Å². The fourth-order valence-electron chi connectivity index (χ4n) is 3.67. The van der Waals surface area contributed by atoms with Crippen molar-refractivity contribution < 1.29 is 18.0 Å². The van der Waals surface area contributed by atoms with Gasteiger partial charge in [0, 0.05) is 12.7 Å². The summed E-state index contributed by atoms with van der Waals surface area (Å²) in [6.45, 7) is 2.38. The molecule has 1 aliphatic rings. The molecule has 2 aromatic heterocycles. The Bertz CT molecular complexity index is 1400. The van der Waals surface area contributed by atoms with E-state index in [2.05, 4.69) is 25.0 Å². The van der Waals surface area contributed by atoms with Crippen LogP contribution in [-0.4, -0.2) is 27.3 Å². The molecule has 4 aromatic rings. The van der Waals surface area contributed by atoms with Crippen LogP contribution in [0.3, 0.4) is 0 Å². The monoisotopic (exact) mass is 483 g/mol. The van der Waals surface area contributed by atoms with Gasteiger partial charge in [-0.05, 0) is 67.5 Å². The molecule has 34 heavy (non-hydrogen) atoms. The van der Waals surface area contributed by atoms with Gasteiger partial charge in [-0.25, -0.2) is 23.1 Å². The smallest absolute Gasteiger partial charge is 0.198 e. The molecule has 0 atom stereocenters. The van der Waals surface area contributed by atoms with Gasteiger partial charge < -0.3 is 15.0 Å². The molecular weight excluding hydrogens is 463 g/mol. The first-order chi connectivity index (χ1) is 16.4. The molecule has 0 unspecified atom stereocenters. The Morgan fingerprint density at radius 2 is 2.00 bits per heavy atom. The van der Waals surface area contributed by atoms with Crippen molar-refractivity contribution in [2.24, 2.45) is 5.92 Å². The van der Waals surface area contributed by atoms with Crippen LogP contribution >= 0.6 is 11.9 Å². The molecule has 0 spiro atoms. The van der Waals surface area contributed by atoms with Crippen molar-refractivity contribution in [3.8, 4) is 0 Å². The zero-order chi connectivity index (χ0) is 23.8. The zero-order valence-corrected chi connectivity index (χ0v) is 18.9. The standard InChI is InChI=1S/C24H20F3N5OS/c1-12-2-7-17(32-34-18-8-14(25)5-6-16(18)26)21(27)19(12)22(33)15-10-29-24-20(15)23(30-11-31-24)28-9-13-3-4-13/h2,5-8,10-11,13,32H,3-4,9H2,1H3,(H2,28,29,30,31). The second-order valence-corrected chi connectivity index (χ2v) is 9.05. The number of carbonyl (C=O) groups is 1. The van der Waals surface area contributed by atoms with Crippen LogP contribution in [0.4, 0.5) is 24.7 Å². The molecule has 0 aliphatic heterocycles. The highest BCUT2D eigenvalue weighted by Crippen LogP contribution is 2.33. The highest BCUT2D eigenvalue weighted by atomic mass is 32.2. The highest BCUT2D eigenvalue weighted by molar-refractivity contribution is 8.00. The molecule has 6 nitrogen and oxygen atoms in total. The van der Waals surface area contributed by atoms with Gasteiger partial charge in [-0.1, -0.05) is 6.07 Å². The quantitative estimate of drug-likeness (QED) is 0.215. The molecule has 5 rings (SSSR count). The van der Waals surface area contributed by atoms with Gasteiger partial charge in [0.1, 0.15) is 29.4 Å². The number of hydrogen-bond acceptors (Lipinski definition) is 6. The van der Waals surface area contributed by atoms with Gasteiger partial charge in [0.15, 0.2) is 11.6 Å². The van der Waals surface area contributed by atoms with Crippen LogP contribution in [-0.2, 0) is 0 Å². The fourth-order valence-corrected chi connectivity index (χ4v) is 4.38. The van der Waals surface area contributed by atoms with Crippen molar-refractivity contribution >= 4 is 40.3 Å². The second-order valence-electron chi connectivity index (χ2n) is 8.20. The lowest BCUT2D eigenvalue weighted by atomic mass is 9.98. The summed E-state index contributed by atoms with van der Waals surface area (Å²) in [5.41, 5.74) is 1.01. The summed E-state index contributed by atoms with van der Waals surface area (Å²) < 4.78 is 45.6. The summed E-state index contributed by atoms with van der Waals surface area (Å²) in [5.74, 6) is -1.47. The normalized spacial score (nSPS) is 13.3. The summed E-state index contributed by atoms with van der Waals surface area (Å²) in [7, 11) is 0. The molecule has 0 bridgehead atoms. The number of aromatic amines is 1. The number of fused-ring (bicyclic) bond motifs is 1. The Kier molecular flexibility index (Phi) is 5.91. The summed E-state index contributed by atoms with van der Waals surface area (Å²) in [4.78, 5) is 24.9. The van der Waals surface area contributed by atoms with E-state index < -0.39 is 23.2 Å². The van der Waals surface area contributed by atoms with Crippen LogP contribution in [0.5, 0.6) is 0 Å². The van der Waals surface area contributed by atoms with Crippen LogP contribution in [0, 0.1) is 30.3 Å². The zero-order valence-electron chi connectivity index (χ0n) is 18.1. The SMILES string of the molecule is Cc1ccc(NSc2cc(F)ccc2F)c(F)c1C(=O)c1c[nH]c2ncnc(NCC3CC3)c12. The van der Waals surface area contributed by atoms with Crippen molar-refractivity contribution in [3.63, 3.8) is 0 Å². The van der Waals surface area contributed by atoms with Crippen molar-refractivity contribution in [2.75, 3.05) is 16.6 Å². The first kappa shape index (κ1) is 22.3. The van der Waals surface area contributed by atoms with E-state index in [1.807, 2.05) is 0 Å². The molecule has 1 saturated carbocycles. The fraction of sp³-hybridized carbons (Fsp3) is 0.208. The summed E-state index contributed by atoms with van der Waals surface area (Å²) in [6, 6.07) is 6.05. The maximum Gasteiger partial charge on any atom is 0.198 e. The second kappa shape index (κ2) is 9.02. The van der Waals surface area contributed by atoms with Crippen molar-refractivity contribution in [3.05, 3.63) is 77.0 Å². The Morgan fingerprint density at radius 3 is 2.79 bits per heavy atom. The number of nitrogens with one attached hydrogen (secondary N) is 3. The minimum Gasteiger partial charge on any atom is -0.369 e. The maximum atomic E-state index is 15.5. The Labute approximate surface area is 197 Å². The van der Waals surface area contributed by atoms with Gasteiger partial charge in [-0.2, -0.15) is 0 Å². The molecule has 0 saturated heterocycles. The number of aryl methyl sites for hydroxylation is 1. The van der Waals surface area contributed by atoms with E-state index in [1.165, 1.54) is 18.6 Å². The molecular formula is C24H20F3N5OS. The third-order valence-corrected chi connectivity index (χ3v) is 6.57. The average Bonchev–Trinajstić information content (AvgIpc) is 3.55. The van der Waals surface area contributed by atoms with Crippen molar-refractivity contribution in [1.82, 2.24) is 15.0 Å². The van der Waals surface area contributed by atoms with Crippen LogP contribution in [0.1, 0.15) is 34.3 Å². The van der Waals surface area contributed by atoms with E-state index >= 15 is 4.39 Å². The molecule has 3 N–H and O–H groups in total. The minimum atomic E-state index is -0.784. The minimum absolute atomic E-state index is 0.0224. The number of H-pyrrole nitrogens is 1. The van der Waals surface area contributed by atoms with E-state index in [9.17, 15) is 13.6 Å². The van der Waals surface area contributed by atoms with Gasteiger partial charge in [0.05, 0.1) is 27.1 Å². The molecule has 1 aliphatic carbocycles. The molecule has 0 radical (unpaired) electrons. The van der Waals surface area contributed by atoms with Crippen LogP contribution in [0.25, 0.3) is 11.0 Å². The number of halogens is 3. The molecule has 174 valence electrons. The van der Waals surface area contributed by atoms with E-state index in [0.29, 0.717) is 28.3 Å². The summed E-state index contributed by atoms with van der Waals surface area (Å²) in [6.07, 6.45) is 5.21. The number of carbonyl (C=O) groups excluding carboxylic acids is 1. The predicted molar refractivity (Wildman–Crippen MR) is 126 cm³/mol. The van der Waals surface area contributed by atoms with Crippen LogP contribution in [0.2, 0.25) is 0 Å². The lowest BCUT2D eigenvalue weighted by Crippen LogP contribution is -2.10. The largest absolute Gasteiger partial charge is 0.369 e. The van der Waals surface area contributed by atoms with Gasteiger partial charge in [0.2, 0.25) is 0 Å². The Balaban J connectivity index is 1.47. The molecule has 1 fully saturated rings. The van der Waals surface area contributed by atoms with E-state index in [4.69, 9.17) is 0 Å². The van der Waals surface area contributed by atoms with Crippen molar-refractivity contribution in [1.29, 1.82) is 0 Å². The van der Waals surface area contributed by atoms with E-state index in [0.717, 1.165) is 49.5 Å². The van der Waals surface area contributed by atoms with Crippen LogP contribution < -0.4 is 10.0 Å². The lowest BCUT2D eigenvalue weighted by Gasteiger charge is -2.13. The number of rotatable bonds is 8. The third kappa shape index (κ3) is 4.33. The Morgan fingerprint density at radius 1 is 1.18 bits per heavy atom. The first-order valence-corrected chi connectivity index (χ1v) is 11.5. The number of hydrogen-bond donors (Lipinski definition) is 3. The van der Waals surface area contributed by atoms with Gasteiger partial charge in [0.25, 0.3) is 0 Å². The van der Waals surface area contributed by atoms with E-state index in [-0.39, 0.29) is 21.7 Å². The average molecular weight is 484 g/mol. The summed E-state index contributed by atoms with van der Waals surface area (Å²) >= 11 is 0.720. The van der Waals surface area contributed by atoms with Gasteiger partial charge in [-0.3, -0.25) is 4.79 Å². The number of benzene rings is 2. The first-order valence-electron chi connectivity index (χ1n) is 10.7. The topological polar surface area (TPSA) is 82.7 Å². The molecule has 10 heteroatoms. The maximum absolute atomic E-state index is 15.5.